The molecule has 24 heavy (non-hydrogen) atoms. The molecule has 0 aliphatic rings. The predicted molar refractivity (Wildman–Crippen MR) is 102 cm³/mol. The van der Waals surface area contributed by atoms with Crippen LogP contribution in [0.15, 0.2) is 72.7 Å². The molecule has 4 heteroatoms. The first-order valence-corrected chi connectivity index (χ1v) is 7.91. The minimum atomic E-state index is 0.426. The minimum absolute atomic E-state index is 0.426. The van der Waals surface area contributed by atoms with Crippen LogP contribution in [-0.4, -0.2) is 12.6 Å². The molecule has 0 atom stereocenters. The van der Waals surface area contributed by atoms with Gasteiger partial charge in [-0.05, 0) is 24.6 Å². The highest BCUT2D eigenvalue weighted by Crippen LogP contribution is 2.16. The zero-order valence-electron chi connectivity index (χ0n) is 14.6. The molecule has 0 aliphatic carbocycles. The van der Waals surface area contributed by atoms with Gasteiger partial charge < -0.3 is 10.6 Å². The lowest BCUT2D eigenvalue weighted by molar-refractivity contribution is -0.104. The fourth-order valence-electron chi connectivity index (χ4n) is 1.76. The van der Waals surface area contributed by atoms with Crippen molar-refractivity contribution in [1.82, 2.24) is 5.32 Å². The van der Waals surface area contributed by atoms with E-state index in [1.54, 1.807) is 18.3 Å². The van der Waals surface area contributed by atoms with Crippen molar-refractivity contribution in [2.24, 2.45) is 0 Å². The molecule has 0 saturated heterocycles. The molecule has 0 fully saturated rings. The van der Waals surface area contributed by atoms with Crippen LogP contribution < -0.4 is 10.6 Å². The summed E-state index contributed by atoms with van der Waals surface area (Å²) in [5, 5.41) is 6.23. The lowest BCUT2D eigenvalue weighted by Gasteiger charge is -2.12. The van der Waals surface area contributed by atoms with E-state index in [-0.39, 0.29) is 0 Å². The van der Waals surface area contributed by atoms with Gasteiger partial charge in [-0.15, -0.1) is 0 Å². The fourth-order valence-corrected chi connectivity index (χ4v) is 1.76. The number of nitrogens with one attached hydrogen (secondary N) is 2. The van der Waals surface area contributed by atoms with Gasteiger partial charge in [0.2, 0.25) is 0 Å². The number of carbonyl (C=O) groups is 2. The summed E-state index contributed by atoms with van der Waals surface area (Å²) in [6, 6.07) is 7.24. The highest BCUT2D eigenvalue weighted by Gasteiger charge is 2.03. The van der Waals surface area contributed by atoms with Crippen molar-refractivity contribution >= 4 is 18.3 Å². The van der Waals surface area contributed by atoms with Crippen LogP contribution in [0.5, 0.6) is 0 Å². The van der Waals surface area contributed by atoms with Crippen molar-refractivity contribution < 1.29 is 9.59 Å². The smallest absolute Gasteiger partial charge is 0.152 e. The van der Waals surface area contributed by atoms with Crippen LogP contribution in [0.4, 0.5) is 5.69 Å². The van der Waals surface area contributed by atoms with Crippen LogP contribution in [0.25, 0.3) is 0 Å². The third kappa shape index (κ3) is 6.48. The van der Waals surface area contributed by atoms with Gasteiger partial charge in [0.05, 0.1) is 0 Å². The second-order valence-corrected chi connectivity index (χ2v) is 4.39. The van der Waals surface area contributed by atoms with Gasteiger partial charge in [-0.25, -0.2) is 0 Å². The van der Waals surface area contributed by atoms with Gasteiger partial charge in [0.1, 0.15) is 0 Å². The molecule has 128 valence electrons. The highest BCUT2D eigenvalue weighted by molar-refractivity contribution is 5.84. The van der Waals surface area contributed by atoms with Gasteiger partial charge in [-0.3, -0.25) is 9.59 Å². The van der Waals surface area contributed by atoms with E-state index in [4.69, 9.17) is 0 Å². The monoisotopic (exact) mass is 326 g/mol. The Morgan fingerprint density at radius 2 is 1.79 bits per heavy atom. The average Bonchev–Trinajstić information content (AvgIpc) is 2.65. The van der Waals surface area contributed by atoms with Crippen molar-refractivity contribution in [3.05, 3.63) is 78.3 Å². The number of hydrogen-bond donors (Lipinski definition) is 2. The Bertz CT molecular complexity index is 618. The van der Waals surface area contributed by atoms with E-state index in [1.807, 2.05) is 39.0 Å². The van der Waals surface area contributed by atoms with E-state index < -0.39 is 0 Å². The first kappa shape index (κ1) is 21.1. The van der Waals surface area contributed by atoms with Crippen molar-refractivity contribution in [2.45, 2.75) is 27.2 Å². The molecule has 1 aromatic rings. The fraction of sp³-hybridized carbons (Fsp3) is 0.200. The standard InChI is InChI=1S/C18H20N2O2.C2H6/c1-4-14(12-21)17(6-3)19-11-16(5-2)20-18-10-8-7-9-15(18)13-22;1-2/h4,6-13,19-20H,1,3,5H2,2H3;1-2H3/b16-11+,17-14-;. The first-order chi connectivity index (χ1) is 11.7. The summed E-state index contributed by atoms with van der Waals surface area (Å²) in [7, 11) is 0. The Kier molecular flexibility index (Phi) is 11.1. The van der Waals surface area contributed by atoms with Crippen LogP contribution in [0.3, 0.4) is 0 Å². The predicted octanol–water partition coefficient (Wildman–Crippen LogP) is 4.60. The van der Waals surface area contributed by atoms with Gasteiger partial charge in [-0.2, -0.15) is 0 Å². The van der Waals surface area contributed by atoms with Crippen molar-refractivity contribution in [3.8, 4) is 0 Å². The van der Waals surface area contributed by atoms with E-state index in [1.165, 1.54) is 6.08 Å². The van der Waals surface area contributed by atoms with Crippen LogP contribution in [0.2, 0.25) is 0 Å². The molecule has 0 aromatic heterocycles. The molecule has 0 radical (unpaired) electrons. The SMILES string of the molecule is C=C/C(C=O)=C(\C=C)N/C=C(\CC)Nc1ccccc1C=O.CC. The molecule has 1 aromatic carbocycles. The Labute approximate surface area is 144 Å². The number of benzene rings is 1. The van der Waals surface area contributed by atoms with Crippen LogP contribution in [-0.2, 0) is 4.79 Å². The molecule has 0 unspecified atom stereocenters. The highest BCUT2D eigenvalue weighted by atomic mass is 16.1. The second-order valence-electron chi connectivity index (χ2n) is 4.39. The van der Waals surface area contributed by atoms with Gasteiger partial charge in [-0.1, -0.05) is 52.1 Å². The van der Waals surface area contributed by atoms with E-state index in [9.17, 15) is 9.59 Å². The summed E-state index contributed by atoms with van der Waals surface area (Å²) < 4.78 is 0. The summed E-state index contributed by atoms with van der Waals surface area (Å²) in [4.78, 5) is 22.0. The van der Waals surface area contributed by atoms with Gasteiger partial charge in [0.25, 0.3) is 0 Å². The largest absolute Gasteiger partial charge is 0.360 e. The molecule has 4 nitrogen and oxygen atoms in total. The van der Waals surface area contributed by atoms with Gasteiger partial charge >= 0.3 is 0 Å². The van der Waals surface area contributed by atoms with Crippen LogP contribution >= 0.6 is 0 Å². The second kappa shape index (κ2) is 12.6. The van der Waals surface area contributed by atoms with Crippen molar-refractivity contribution in [3.63, 3.8) is 0 Å². The minimum Gasteiger partial charge on any atom is -0.360 e. The lowest BCUT2D eigenvalue weighted by atomic mass is 10.2. The summed E-state index contributed by atoms with van der Waals surface area (Å²) in [5.41, 5.74) is 3.18. The zero-order valence-corrected chi connectivity index (χ0v) is 14.6. The average molecular weight is 326 g/mol. The molecule has 0 aliphatic heterocycles. The van der Waals surface area contributed by atoms with Crippen LogP contribution in [0, 0.1) is 0 Å². The third-order valence-electron chi connectivity index (χ3n) is 3.03. The molecular weight excluding hydrogens is 300 g/mol. The lowest BCUT2D eigenvalue weighted by Crippen LogP contribution is -2.11. The molecule has 0 bridgehead atoms. The topological polar surface area (TPSA) is 58.2 Å². The normalized spacial score (nSPS) is 11.2. The number of aldehydes is 2. The van der Waals surface area contributed by atoms with E-state index >= 15 is 0 Å². The van der Waals surface area contributed by atoms with Crippen molar-refractivity contribution in [2.75, 3.05) is 5.32 Å². The van der Waals surface area contributed by atoms with Gasteiger partial charge in [0, 0.05) is 34.4 Å². The number of hydrogen-bond acceptors (Lipinski definition) is 4. The molecule has 0 spiro atoms. The number of para-hydroxylation sites is 1. The summed E-state index contributed by atoms with van der Waals surface area (Å²) in [6.07, 6.45) is 6.99. The first-order valence-electron chi connectivity index (χ1n) is 7.91. The molecule has 0 saturated carbocycles. The maximum absolute atomic E-state index is 11.0. The molecule has 2 N–H and O–H groups in total. The third-order valence-corrected chi connectivity index (χ3v) is 3.03. The van der Waals surface area contributed by atoms with Crippen molar-refractivity contribution in [1.29, 1.82) is 0 Å². The van der Waals surface area contributed by atoms with E-state index in [0.29, 0.717) is 23.1 Å². The van der Waals surface area contributed by atoms with E-state index in [2.05, 4.69) is 23.8 Å². The number of rotatable bonds is 9. The summed E-state index contributed by atoms with van der Waals surface area (Å²) in [6.45, 7) is 13.2. The molecule has 0 heterocycles. The Balaban J connectivity index is 0.00000254. The quantitative estimate of drug-likeness (QED) is 0.395. The molecule has 1 rings (SSSR count). The molecular formula is C20H26N2O2. The Morgan fingerprint density at radius 3 is 2.29 bits per heavy atom. The van der Waals surface area contributed by atoms with Gasteiger partial charge in [0.15, 0.2) is 12.6 Å². The Hall–Kier alpha value is -2.88. The zero-order chi connectivity index (χ0) is 18.4. The summed E-state index contributed by atoms with van der Waals surface area (Å²) in [5.74, 6) is 0. The number of anilines is 1. The summed E-state index contributed by atoms with van der Waals surface area (Å²) >= 11 is 0. The molecule has 0 amide bonds. The Morgan fingerprint density at radius 1 is 1.12 bits per heavy atom. The maximum Gasteiger partial charge on any atom is 0.152 e. The maximum atomic E-state index is 11.0. The number of allylic oxidation sites excluding steroid dienone is 4. The number of carbonyl (C=O) groups excluding carboxylic acids is 2. The van der Waals surface area contributed by atoms with Crippen LogP contribution in [0.1, 0.15) is 37.6 Å². The van der Waals surface area contributed by atoms with E-state index in [0.717, 1.165) is 24.1 Å².